The molecule has 0 saturated carbocycles. The molecule has 6 rings (SSSR count). The first-order valence-electron chi connectivity index (χ1n) is 12.0. The lowest BCUT2D eigenvalue weighted by Crippen LogP contribution is -2.55. The van der Waals surface area contributed by atoms with Gasteiger partial charge in [-0.05, 0) is 35.7 Å². The summed E-state index contributed by atoms with van der Waals surface area (Å²) in [7, 11) is 0. The van der Waals surface area contributed by atoms with E-state index in [1.165, 1.54) is 5.56 Å². The minimum Gasteiger partial charge on any atom is -0.467 e. The van der Waals surface area contributed by atoms with E-state index >= 15 is 0 Å². The van der Waals surface area contributed by atoms with Crippen LogP contribution >= 0.6 is 0 Å². The highest BCUT2D eigenvalue weighted by Gasteiger charge is 2.74. The fourth-order valence-electron chi connectivity index (χ4n) is 6.44. The molecule has 34 heavy (non-hydrogen) atoms. The number of hydrogen-bond donors (Lipinski definition) is 1. The second-order valence-electron chi connectivity index (χ2n) is 10.2. The molecule has 7 nitrogen and oxygen atoms in total. The molecule has 7 heteroatoms. The number of fused-ring (bicyclic) bond motifs is 2. The highest BCUT2D eigenvalue weighted by Crippen LogP contribution is 2.60. The molecule has 2 bridgehead atoms. The molecule has 7 atom stereocenters. The summed E-state index contributed by atoms with van der Waals surface area (Å²) < 4.78 is 12.0. The average molecular weight is 461 g/mol. The topological polar surface area (TPSA) is 88.9 Å². The number of piperidine rings is 1. The van der Waals surface area contributed by atoms with E-state index in [0.29, 0.717) is 17.4 Å². The third-order valence-electron chi connectivity index (χ3n) is 8.10. The molecule has 0 aliphatic carbocycles. The normalized spacial score (nSPS) is 35.7. The Morgan fingerprint density at radius 2 is 1.94 bits per heavy atom. The number of furan rings is 1. The van der Waals surface area contributed by atoms with Gasteiger partial charge in [0.2, 0.25) is 11.8 Å². The molecule has 2 amide bonds. The number of nitrogens with one attached hydrogen (secondary N) is 1. The summed E-state index contributed by atoms with van der Waals surface area (Å²) >= 11 is 0. The zero-order valence-corrected chi connectivity index (χ0v) is 19.4. The number of anilines is 1. The van der Waals surface area contributed by atoms with Crippen molar-refractivity contribution in [2.45, 2.75) is 56.9 Å². The predicted octanol–water partition coefficient (Wildman–Crippen LogP) is 3.84. The van der Waals surface area contributed by atoms with Crippen molar-refractivity contribution in [2.75, 3.05) is 5.32 Å². The van der Waals surface area contributed by atoms with Gasteiger partial charge in [-0.3, -0.25) is 14.4 Å². The number of rotatable bonds is 4. The minimum atomic E-state index is -0.981. The molecule has 1 aromatic carbocycles. The summed E-state index contributed by atoms with van der Waals surface area (Å²) in [5.74, 6) is -1.05. The smallest absolute Gasteiger partial charge is 0.231 e. The molecular formula is C27H28N2O5. The Morgan fingerprint density at radius 3 is 2.62 bits per heavy atom. The van der Waals surface area contributed by atoms with Crippen LogP contribution in [0.15, 0.2) is 59.2 Å². The Kier molecular flexibility index (Phi) is 4.65. The van der Waals surface area contributed by atoms with Crippen LogP contribution in [0.25, 0.3) is 0 Å². The number of hydrogen-bond acceptors (Lipinski definition) is 5. The highest BCUT2D eigenvalue weighted by molar-refractivity contribution is 6.00. The van der Waals surface area contributed by atoms with Crippen molar-refractivity contribution in [3.05, 3.63) is 66.1 Å². The van der Waals surface area contributed by atoms with Crippen molar-refractivity contribution in [1.29, 1.82) is 0 Å². The van der Waals surface area contributed by atoms with E-state index in [2.05, 4.69) is 19.2 Å². The van der Waals surface area contributed by atoms with Crippen LogP contribution in [0.4, 0.5) is 5.69 Å². The molecule has 176 valence electrons. The van der Waals surface area contributed by atoms with Gasteiger partial charge in [0.25, 0.3) is 0 Å². The van der Waals surface area contributed by atoms with Crippen molar-refractivity contribution in [3.63, 3.8) is 0 Å². The Bertz CT molecular complexity index is 1180. The number of ether oxygens (including phenoxy) is 1. The van der Waals surface area contributed by atoms with Crippen molar-refractivity contribution >= 4 is 23.3 Å². The van der Waals surface area contributed by atoms with Crippen molar-refractivity contribution in [1.82, 2.24) is 4.90 Å². The molecular weight excluding hydrogens is 432 g/mol. The highest BCUT2D eigenvalue weighted by atomic mass is 16.5. The van der Waals surface area contributed by atoms with Gasteiger partial charge < -0.3 is 19.4 Å². The minimum absolute atomic E-state index is 0.0732. The number of carbonyl (C=O) groups is 3. The largest absolute Gasteiger partial charge is 0.467 e. The van der Waals surface area contributed by atoms with Crippen LogP contribution in [-0.4, -0.2) is 40.2 Å². The van der Waals surface area contributed by atoms with Crippen LogP contribution in [0.5, 0.6) is 0 Å². The summed E-state index contributed by atoms with van der Waals surface area (Å²) in [4.78, 5) is 42.2. The van der Waals surface area contributed by atoms with E-state index in [9.17, 15) is 14.4 Å². The van der Waals surface area contributed by atoms with Crippen molar-refractivity contribution in [2.24, 2.45) is 17.8 Å². The van der Waals surface area contributed by atoms with E-state index in [-0.39, 0.29) is 24.0 Å². The van der Waals surface area contributed by atoms with Crippen LogP contribution in [0.1, 0.15) is 50.5 Å². The fraction of sp³-hybridized carbons (Fsp3) is 0.444. The summed E-state index contributed by atoms with van der Waals surface area (Å²) in [5, 5.41) is 3.00. The molecule has 1 N–H and O–H groups in total. The van der Waals surface area contributed by atoms with Crippen LogP contribution in [0, 0.1) is 17.8 Å². The van der Waals surface area contributed by atoms with E-state index < -0.39 is 41.5 Å². The van der Waals surface area contributed by atoms with Crippen LogP contribution < -0.4 is 5.32 Å². The number of ketones is 1. The van der Waals surface area contributed by atoms with Gasteiger partial charge in [-0.25, -0.2) is 0 Å². The molecule has 4 aliphatic rings. The van der Waals surface area contributed by atoms with Gasteiger partial charge in [0.15, 0.2) is 0 Å². The summed E-state index contributed by atoms with van der Waals surface area (Å²) in [6.07, 6.45) is 5.06. The zero-order valence-electron chi connectivity index (χ0n) is 19.4. The standard InChI is InChI=1S/C27H28N2O5/c1-14(2)16-6-8-17(9-7-16)28-25(31)22-21-10-11-27(34-21)23(22)26(32)29-18(20-5-4-12-33-20)13-19(30)15(3)24(27)29/h4-12,14-15,18,21-24H,13H2,1-3H3,(H,28,31)/t15-,18-,21-,22-,23+,24+,27+/m1/s1. The maximum Gasteiger partial charge on any atom is 0.231 e. The molecule has 1 aromatic heterocycles. The molecule has 3 fully saturated rings. The quantitative estimate of drug-likeness (QED) is 0.701. The second-order valence-corrected chi connectivity index (χ2v) is 10.2. The summed E-state index contributed by atoms with van der Waals surface area (Å²) in [5.41, 5.74) is 0.898. The molecule has 2 aromatic rings. The lowest BCUT2D eigenvalue weighted by atomic mass is 9.70. The maximum absolute atomic E-state index is 13.9. The first-order valence-corrected chi connectivity index (χ1v) is 12.0. The van der Waals surface area contributed by atoms with Gasteiger partial charge in [0.1, 0.15) is 17.1 Å². The molecule has 5 heterocycles. The Hall–Kier alpha value is -3.19. The van der Waals surface area contributed by atoms with E-state index in [1.54, 1.807) is 23.3 Å². The van der Waals surface area contributed by atoms with Gasteiger partial charge in [0.05, 0.1) is 36.3 Å². The summed E-state index contributed by atoms with van der Waals surface area (Å²) in [6.45, 7) is 6.10. The van der Waals surface area contributed by atoms with Crippen LogP contribution in [-0.2, 0) is 19.1 Å². The van der Waals surface area contributed by atoms with Gasteiger partial charge in [-0.2, -0.15) is 0 Å². The van der Waals surface area contributed by atoms with Gasteiger partial charge >= 0.3 is 0 Å². The molecule has 1 spiro atoms. The lowest BCUT2D eigenvalue weighted by molar-refractivity contribution is -0.147. The number of Topliss-reactive ketones (excluding diaryl/α,β-unsaturated/α-hetero) is 1. The van der Waals surface area contributed by atoms with E-state index in [1.807, 2.05) is 43.3 Å². The number of benzene rings is 1. The maximum atomic E-state index is 13.9. The molecule has 0 unspecified atom stereocenters. The van der Waals surface area contributed by atoms with Crippen molar-refractivity contribution in [3.8, 4) is 0 Å². The van der Waals surface area contributed by atoms with Gasteiger partial charge in [-0.1, -0.05) is 45.1 Å². The van der Waals surface area contributed by atoms with Crippen molar-refractivity contribution < 1.29 is 23.5 Å². The third kappa shape index (κ3) is 2.83. The predicted molar refractivity (Wildman–Crippen MR) is 124 cm³/mol. The molecule has 3 saturated heterocycles. The lowest BCUT2D eigenvalue weighted by Gasteiger charge is -2.43. The fourth-order valence-corrected chi connectivity index (χ4v) is 6.44. The Morgan fingerprint density at radius 1 is 1.18 bits per heavy atom. The van der Waals surface area contributed by atoms with Gasteiger partial charge in [-0.15, -0.1) is 0 Å². The zero-order chi connectivity index (χ0) is 23.8. The van der Waals surface area contributed by atoms with E-state index in [4.69, 9.17) is 9.15 Å². The molecule has 4 aliphatic heterocycles. The Balaban J connectivity index is 1.34. The van der Waals surface area contributed by atoms with E-state index in [0.717, 1.165) is 0 Å². The average Bonchev–Trinajstić information content (AvgIpc) is 3.59. The third-order valence-corrected chi connectivity index (χ3v) is 8.10. The van der Waals surface area contributed by atoms with Crippen LogP contribution in [0.2, 0.25) is 0 Å². The van der Waals surface area contributed by atoms with Gasteiger partial charge in [0, 0.05) is 18.0 Å². The second kappa shape index (κ2) is 7.40. The first-order chi connectivity index (χ1) is 16.3. The first kappa shape index (κ1) is 21.4. The summed E-state index contributed by atoms with van der Waals surface area (Å²) in [6, 6.07) is 10.4. The molecule has 0 radical (unpaired) electrons. The number of amides is 2. The number of carbonyl (C=O) groups excluding carboxylic acids is 3. The monoisotopic (exact) mass is 460 g/mol. The number of nitrogens with zero attached hydrogens (tertiary/aromatic N) is 1. The SMILES string of the molecule is CC(C)c1ccc(NC(=O)[C@H]2[C@H]3C(=O)N4[C@@H](c5ccco5)CC(=O)[C@@H](C)[C@H]4[C@]34C=C[C@H]2O4)cc1. The van der Waals surface area contributed by atoms with Crippen LogP contribution in [0.3, 0.4) is 0 Å². The Labute approximate surface area is 198 Å².